The van der Waals surface area contributed by atoms with Crippen LogP contribution in [0.25, 0.3) is 0 Å². The first-order valence-electron chi connectivity index (χ1n) is 4.94. The van der Waals surface area contributed by atoms with Crippen LogP contribution in [0.5, 0.6) is 0 Å². The van der Waals surface area contributed by atoms with E-state index in [9.17, 15) is 4.79 Å². The fraction of sp³-hybridized carbons (Fsp3) is 0.889. The summed E-state index contributed by atoms with van der Waals surface area (Å²) in [5.74, 6) is 0.204. The molecule has 2 N–H and O–H groups in total. The number of nitrogens with one attached hydrogen (secondary N) is 1. The van der Waals surface area contributed by atoms with Gasteiger partial charge in [-0.15, -0.1) is 0 Å². The fourth-order valence-corrected chi connectivity index (χ4v) is 1.47. The predicted octanol–water partition coefficient (Wildman–Crippen LogP) is -0.419. The average molecular weight is 186 g/mol. The lowest BCUT2D eigenvalue weighted by molar-refractivity contribution is -0.131. The van der Waals surface area contributed by atoms with E-state index in [4.69, 9.17) is 5.11 Å². The van der Waals surface area contributed by atoms with Crippen molar-refractivity contribution in [2.75, 3.05) is 32.8 Å². The Morgan fingerprint density at radius 3 is 2.92 bits per heavy atom. The standard InChI is InChI=1S/C9H18N2O2/c12-7-3-1-2-5-11-6-4-10-8-9(11)13/h10,12H,1-8H2. The maximum atomic E-state index is 11.3. The Hall–Kier alpha value is -0.610. The number of unbranched alkanes of at least 4 members (excludes halogenated alkanes) is 2. The number of rotatable bonds is 5. The van der Waals surface area contributed by atoms with Gasteiger partial charge in [0.1, 0.15) is 0 Å². The van der Waals surface area contributed by atoms with Crippen molar-refractivity contribution in [3.8, 4) is 0 Å². The highest BCUT2D eigenvalue weighted by Gasteiger charge is 2.15. The largest absolute Gasteiger partial charge is 0.396 e. The maximum absolute atomic E-state index is 11.3. The fourth-order valence-electron chi connectivity index (χ4n) is 1.47. The molecule has 0 aromatic rings. The Balaban J connectivity index is 2.08. The van der Waals surface area contributed by atoms with E-state index in [0.717, 1.165) is 38.9 Å². The zero-order chi connectivity index (χ0) is 9.52. The summed E-state index contributed by atoms with van der Waals surface area (Å²) >= 11 is 0. The van der Waals surface area contributed by atoms with Crippen LogP contribution >= 0.6 is 0 Å². The Morgan fingerprint density at radius 1 is 1.38 bits per heavy atom. The van der Waals surface area contributed by atoms with Gasteiger partial charge in [0.15, 0.2) is 0 Å². The Kier molecular flexibility index (Phi) is 4.78. The zero-order valence-electron chi connectivity index (χ0n) is 7.96. The van der Waals surface area contributed by atoms with E-state index in [-0.39, 0.29) is 12.5 Å². The summed E-state index contributed by atoms with van der Waals surface area (Å²) in [4.78, 5) is 13.2. The molecule has 0 aliphatic carbocycles. The minimum atomic E-state index is 0.204. The SMILES string of the molecule is O=C1CNCCN1CCCCCO. The van der Waals surface area contributed by atoms with Gasteiger partial charge in [0.25, 0.3) is 0 Å². The molecule has 0 aromatic heterocycles. The van der Waals surface area contributed by atoms with Crippen molar-refractivity contribution in [1.82, 2.24) is 10.2 Å². The predicted molar refractivity (Wildman–Crippen MR) is 50.4 cm³/mol. The van der Waals surface area contributed by atoms with Gasteiger partial charge in [-0.1, -0.05) is 0 Å². The van der Waals surface area contributed by atoms with Crippen LogP contribution < -0.4 is 5.32 Å². The van der Waals surface area contributed by atoms with Gasteiger partial charge in [-0.25, -0.2) is 0 Å². The number of nitrogens with zero attached hydrogens (tertiary/aromatic N) is 1. The van der Waals surface area contributed by atoms with Crippen molar-refractivity contribution < 1.29 is 9.90 Å². The third-order valence-electron chi connectivity index (χ3n) is 2.27. The second-order valence-corrected chi connectivity index (χ2v) is 3.34. The number of carbonyl (C=O) groups is 1. The van der Waals surface area contributed by atoms with E-state index >= 15 is 0 Å². The van der Waals surface area contributed by atoms with Gasteiger partial charge >= 0.3 is 0 Å². The van der Waals surface area contributed by atoms with Gasteiger partial charge in [0, 0.05) is 26.2 Å². The van der Waals surface area contributed by atoms with Gasteiger partial charge in [0.05, 0.1) is 6.54 Å². The molecule has 1 aliphatic rings. The summed E-state index contributed by atoms with van der Waals surface area (Å²) in [6.07, 6.45) is 2.86. The Bertz CT molecular complexity index is 162. The molecule has 0 spiro atoms. The smallest absolute Gasteiger partial charge is 0.236 e. The molecule has 0 unspecified atom stereocenters. The molecule has 1 fully saturated rings. The normalized spacial score (nSPS) is 17.9. The highest BCUT2D eigenvalue weighted by Crippen LogP contribution is 2.00. The Labute approximate surface area is 78.9 Å². The Morgan fingerprint density at radius 2 is 2.23 bits per heavy atom. The van der Waals surface area contributed by atoms with Gasteiger partial charge in [0.2, 0.25) is 5.91 Å². The number of piperazine rings is 1. The lowest BCUT2D eigenvalue weighted by Gasteiger charge is -2.27. The third-order valence-corrected chi connectivity index (χ3v) is 2.27. The highest BCUT2D eigenvalue weighted by atomic mass is 16.2. The molecule has 0 atom stereocenters. The molecule has 0 saturated carbocycles. The van der Waals surface area contributed by atoms with Crippen LogP contribution in [-0.2, 0) is 4.79 Å². The second kappa shape index (κ2) is 5.94. The molecular formula is C9H18N2O2. The second-order valence-electron chi connectivity index (χ2n) is 3.34. The van der Waals surface area contributed by atoms with Crippen molar-refractivity contribution >= 4 is 5.91 Å². The molecule has 4 nitrogen and oxygen atoms in total. The first-order valence-corrected chi connectivity index (χ1v) is 4.94. The van der Waals surface area contributed by atoms with Crippen molar-refractivity contribution in [2.45, 2.75) is 19.3 Å². The van der Waals surface area contributed by atoms with Crippen molar-refractivity contribution in [2.24, 2.45) is 0 Å². The third kappa shape index (κ3) is 3.74. The average Bonchev–Trinajstić information content (AvgIpc) is 2.15. The summed E-state index contributed by atoms with van der Waals surface area (Å²) in [7, 11) is 0. The summed E-state index contributed by atoms with van der Waals surface area (Å²) in [6.45, 7) is 3.33. The van der Waals surface area contributed by atoms with E-state index < -0.39 is 0 Å². The summed E-state index contributed by atoms with van der Waals surface area (Å²) in [5, 5.41) is 11.6. The number of carbonyl (C=O) groups excluding carboxylic acids is 1. The van der Waals surface area contributed by atoms with E-state index in [2.05, 4.69) is 5.32 Å². The van der Waals surface area contributed by atoms with E-state index in [1.807, 2.05) is 4.90 Å². The number of amides is 1. The van der Waals surface area contributed by atoms with Crippen LogP contribution in [0.3, 0.4) is 0 Å². The molecule has 1 saturated heterocycles. The lowest BCUT2D eigenvalue weighted by atomic mass is 10.2. The van der Waals surface area contributed by atoms with Gasteiger partial charge in [-0.3, -0.25) is 4.79 Å². The molecule has 13 heavy (non-hydrogen) atoms. The molecule has 1 rings (SSSR count). The van der Waals surface area contributed by atoms with E-state index in [1.165, 1.54) is 0 Å². The summed E-state index contributed by atoms with van der Waals surface area (Å²) in [5.41, 5.74) is 0. The van der Waals surface area contributed by atoms with Crippen LogP contribution in [-0.4, -0.2) is 48.7 Å². The highest BCUT2D eigenvalue weighted by molar-refractivity contribution is 5.78. The van der Waals surface area contributed by atoms with Crippen LogP contribution in [0.1, 0.15) is 19.3 Å². The molecule has 0 radical (unpaired) electrons. The zero-order valence-corrected chi connectivity index (χ0v) is 7.96. The molecular weight excluding hydrogens is 168 g/mol. The topological polar surface area (TPSA) is 52.6 Å². The molecule has 4 heteroatoms. The number of hydrogen-bond acceptors (Lipinski definition) is 3. The van der Waals surface area contributed by atoms with Crippen molar-refractivity contribution in [1.29, 1.82) is 0 Å². The quantitative estimate of drug-likeness (QED) is 0.573. The minimum absolute atomic E-state index is 0.204. The van der Waals surface area contributed by atoms with E-state index in [1.54, 1.807) is 0 Å². The number of aliphatic hydroxyl groups is 1. The monoisotopic (exact) mass is 186 g/mol. The number of hydrogen-bond donors (Lipinski definition) is 2. The molecule has 1 aliphatic heterocycles. The molecule has 1 heterocycles. The molecule has 0 bridgehead atoms. The van der Waals surface area contributed by atoms with Crippen LogP contribution in [0.2, 0.25) is 0 Å². The van der Waals surface area contributed by atoms with Crippen molar-refractivity contribution in [3.63, 3.8) is 0 Å². The lowest BCUT2D eigenvalue weighted by Crippen LogP contribution is -2.48. The molecule has 0 aromatic carbocycles. The van der Waals surface area contributed by atoms with Crippen molar-refractivity contribution in [3.05, 3.63) is 0 Å². The van der Waals surface area contributed by atoms with Gasteiger partial charge in [-0.05, 0) is 19.3 Å². The maximum Gasteiger partial charge on any atom is 0.236 e. The summed E-state index contributed by atoms with van der Waals surface area (Å²) in [6, 6.07) is 0. The van der Waals surface area contributed by atoms with E-state index in [0.29, 0.717) is 6.54 Å². The molecule has 76 valence electrons. The van der Waals surface area contributed by atoms with Crippen LogP contribution in [0.15, 0.2) is 0 Å². The summed E-state index contributed by atoms with van der Waals surface area (Å²) < 4.78 is 0. The number of aliphatic hydroxyl groups excluding tert-OH is 1. The molecule has 1 amide bonds. The first-order chi connectivity index (χ1) is 6.34. The minimum Gasteiger partial charge on any atom is -0.396 e. The van der Waals surface area contributed by atoms with Crippen LogP contribution in [0, 0.1) is 0 Å². The van der Waals surface area contributed by atoms with Gasteiger partial charge in [-0.2, -0.15) is 0 Å². The van der Waals surface area contributed by atoms with Gasteiger partial charge < -0.3 is 15.3 Å². The first kappa shape index (κ1) is 10.5. The van der Waals surface area contributed by atoms with Crippen LogP contribution in [0.4, 0.5) is 0 Å².